The van der Waals surface area contributed by atoms with E-state index in [4.69, 9.17) is 4.74 Å². The molecule has 0 aliphatic carbocycles. The van der Waals surface area contributed by atoms with Gasteiger partial charge in [0.1, 0.15) is 23.4 Å². The molecule has 3 aliphatic rings. The van der Waals surface area contributed by atoms with Crippen molar-refractivity contribution in [3.8, 4) is 11.5 Å². The average Bonchev–Trinajstić information content (AvgIpc) is 3.10. The molecule has 3 amide bonds. The summed E-state index contributed by atoms with van der Waals surface area (Å²) < 4.78 is 5.95. The minimum Gasteiger partial charge on any atom is -0.456 e. The number of nitrogens with one attached hydrogen (secondary N) is 2. The van der Waals surface area contributed by atoms with E-state index >= 15 is 0 Å². The van der Waals surface area contributed by atoms with Crippen molar-refractivity contribution in [3.63, 3.8) is 0 Å². The Morgan fingerprint density at radius 3 is 2.58 bits per heavy atom. The number of piperidine rings is 1. The topological polar surface area (TPSA) is 104 Å². The van der Waals surface area contributed by atoms with Crippen molar-refractivity contribution in [2.45, 2.75) is 25.4 Å². The number of hydrogen-bond acceptors (Lipinski definition) is 7. The van der Waals surface area contributed by atoms with Gasteiger partial charge in [-0.3, -0.25) is 19.7 Å². The fourth-order valence-corrected chi connectivity index (χ4v) is 4.26. The Bertz CT molecular complexity index is 1030. The normalized spacial score (nSPS) is 21.2. The third-order valence-corrected chi connectivity index (χ3v) is 5.89. The summed E-state index contributed by atoms with van der Waals surface area (Å²) in [7, 11) is 0. The van der Waals surface area contributed by atoms with Gasteiger partial charge >= 0.3 is 0 Å². The molecule has 0 radical (unpaired) electrons. The van der Waals surface area contributed by atoms with E-state index in [-0.39, 0.29) is 18.2 Å². The summed E-state index contributed by atoms with van der Waals surface area (Å²) in [5, 5.41) is 5.64. The van der Waals surface area contributed by atoms with E-state index in [9.17, 15) is 14.4 Å². The smallest absolute Gasteiger partial charge is 0.255 e. The first kappa shape index (κ1) is 19.5. The lowest BCUT2D eigenvalue weighted by molar-refractivity contribution is -0.136. The molecule has 4 heterocycles. The first-order valence-electron chi connectivity index (χ1n) is 10.5. The van der Waals surface area contributed by atoms with Crippen molar-refractivity contribution in [2.24, 2.45) is 0 Å². The van der Waals surface area contributed by atoms with E-state index in [0.29, 0.717) is 30.0 Å². The number of benzene rings is 1. The molecule has 9 heteroatoms. The Labute approximate surface area is 179 Å². The van der Waals surface area contributed by atoms with E-state index in [1.54, 1.807) is 18.3 Å². The molecule has 0 spiro atoms. The van der Waals surface area contributed by atoms with Crippen LogP contribution in [-0.2, 0) is 16.1 Å². The zero-order chi connectivity index (χ0) is 21.4. The van der Waals surface area contributed by atoms with Crippen molar-refractivity contribution >= 4 is 23.5 Å². The van der Waals surface area contributed by atoms with Crippen LogP contribution in [0.3, 0.4) is 0 Å². The van der Waals surface area contributed by atoms with Gasteiger partial charge in [0.25, 0.3) is 5.91 Å². The molecule has 1 atom stereocenters. The van der Waals surface area contributed by atoms with Crippen LogP contribution in [0.25, 0.3) is 0 Å². The maximum Gasteiger partial charge on any atom is 0.255 e. The van der Waals surface area contributed by atoms with Crippen LogP contribution < -0.4 is 20.3 Å². The van der Waals surface area contributed by atoms with Gasteiger partial charge in [0.15, 0.2) is 0 Å². The van der Waals surface area contributed by atoms with Crippen molar-refractivity contribution in [3.05, 3.63) is 47.7 Å². The summed E-state index contributed by atoms with van der Waals surface area (Å²) >= 11 is 0. The number of rotatable bonds is 4. The highest BCUT2D eigenvalue weighted by molar-refractivity contribution is 6.05. The summed E-state index contributed by atoms with van der Waals surface area (Å²) in [6, 6.07) is 8.50. The molecular weight excluding hydrogens is 398 g/mol. The van der Waals surface area contributed by atoms with Gasteiger partial charge in [-0.15, -0.1) is 0 Å². The van der Waals surface area contributed by atoms with E-state index in [1.807, 2.05) is 18.2 Å². The lowest BCUT2D eigenvalue weighted by atomic mass is 10.0. The molecule has 2 saturated heterocycles. The van der Waals surface area contributed by atoms with Gasteiger partial charge in [0.05, 0.1) is 6.20 Å². The number of piperazine rings is 1. The van der Waals surface area contributed by atoms with Gasteiger partial charge in [-0.1, -0.05) is 0 Å². The van der Waals surface area contributed by atoms with Gasteiger partial charge in [-0.05, 0) is 42.3 Å². The van der Waals surface area contributed by atoms with Crippen LogP contribution in [0, 0.1) is 0 Å². The minimum atomic E-state index is -0.622. The second-order valence-corrected chi connectivity index (χ2v) is 7.91. The predicted molar refractivity (Wildman–Crippen MR) is 112 cm³/mol. The predicted octanol–water partition coefficient (Wildman–Crippen LogP) is 1.04. The van der Waals surface area contributed by atoms with Crippen LogP contribution in [0.15, 0.2) is 36.5 Å². The summed E-state index contributed by atoms with van der Waals surface area (Å²) in [4.78, 5) is 44.6. The molecular formula is C22H23N5O4. The molecule has 1 aromatic carbocycles. The van der Waals surface area contributed by atoms with Crippen LogP contribution in [0.1, 0.15) is 28.8 Å². The van der Waals surface area contributed by atoms with Crippen molar-refractivity contribution < 1.29 is 19.1 Å². The number of pyridine rings is 1. The van der Waals surface area contributed by atoms with Gasteiger partial charge in [0, 0.05) is 44.7 Å². The second-order valence-electron chi connectivity index (χ2n) is 7.91. The molecule has 160 valence electrons. The molecule has 2 N–H and O–H groups in total. The van der Waals surface area contributed by atoms with Gasteiger partial charge in [-0.25, -0.2) is 4.98 Å². The monoisotopic (exact) mass is 421 g/mol. The zero-order valence-corrected chi connectivity index (χ0v) is 17.0. The molecule has 1 aromatic heterocycles. The molecule has 5 rings (SSSR count). The average molecular weight is 421 g/mol. The number of ether oxygens (including phenoxy) is 1. The highest BCUT2D eigenvalue weighted by atomic mass is 16.5. The largest absolute Gasteiger partial charge is 0.456 e. The van der Waals surface area contributed by atoms with Crippen LogP contribution in [0.2, 0.25) is 0 Å². The second kappa shape index (κ2) is 7.99. The molecule has 9 nitrogen and oxygen atoms in total. The van der Waals surface area contributed by atoms with E-state index in [0.717, 1.165) is 37.6 Å². The molecule has 2 aromatic rings. The van der Waals surface area contributed by atoms with Crippen molar-refractivity contribution in [1.82, 2.24) is 20.5 Å². The number of carbonyl (C=O) groups is 3. The molecule has 0 bridgehead atoms. The van der Waals surface area contributed by atoms with Crippen LogP contribution >= 0.6 is 0 Å². The van der Waals surface area contributed by atoms with Crippen LogP contribution in [-0.4, -0.2) is 59.8 Å². The Kier molecular flexibility index (Phi) is 5.03. The van der Waals surface area contributed by atoms with Crippen LogP contribution in [0.5, 0.6) is 11.5 Å². The van der Waals surface area contributed by atoms with Gasteiger partial charge in [0.2, 0.25) is 11.8 Å². The van der Waals surface area contributed by atoms with Gasteiger partial charge in [-0.2, -0.15) is 0 Å². The van der Waals surface area contributed by atoms with Crippen LogP contribution in [0.4, 0.5) is 5.82 Å². The Morgan fingerprint density at radius 1 is 1.03 bits per heavy atom. The van der Waals surface area contributed by atoms with E-state index in [2.05, 4.69) is 20.5 Å². The fourth-order valence-electron chi connectivity index (χ4n) is 4.26. The summed E-state index contributed by atoms with van der Waals surface area (Å²) in [6.45, 7) is 4.07. The number of nitrogens with zero attached hydrogens (tertiary/aromatic N) is 3. The third kappa shape index (κ3) is 3.84. The number of amides is 3. The zero-order valence-electron chi connectivity index (χ0n) is 17.0. The lowest BCUT2D eigenvalue weighted by Gasteiger charge is -2.29. The number of fused-ring (bicyclic) bond motifs is 1. The molecule has 1 unspecified atom stereocenters. The number of aromatic nitrogens is 1. The molecule has 31 heavy (non-hydrogen) atoms. The summed E-state index contributed by atoms with van der Waals surface area (Å²) in [5.41, 5.74) is 1.36. The molecule has 0 saturated carbocycles. The standard InChI is InChI=1S/C22H23N5O4/c28-20-6-4-18(21(29)25-20)27-13-14-11-15(1-3-17(14)22(27)30)31-16-2-5-19(24-12-16)26-9-7-23-8-10-26/h1-3,5,11-12,18,23H,4,6-10,13H2,(H,25,28,29). The molecule has 2 fully saturated rings. The summed E-state index contributed by atoms with van der Waals surface area (Å²) in [5.74, 6) is 1.24. The third-order valence-electron chi connectivity index (χ3n) is 5.89. The van der Waals surface area contributed by atoms with E-state index < -0.39 is 11.9 Å². The number of imide groups is 1. The molecule has 3 aliphatic heterocycles. The highest BCUT2D eigenvalue weighted by Gasteiger charge is 2.39. The summed E-state index contributed by atoms with van der Waals surface area (Å²) in [6.07, 6.45) is 2.28. The first-order chi connectivity index (χ1) is 15.1. The van der Waals surface area contributed by atoms with Gasteiger partial charge < -0.3 is 19.9 Å². The Balaban J connectivity index is 1.28. The first-order valence-corrected chi connectivity index (χ1v) is 10.5. The maximum absolute atomic E-state index is 12.8. The van der Waals surface area contributed by atoms with Crippen molar-refractivity contribution in [1.29, 1.82) is 0 Å². The number of hydrogen-bond donors (Lipinski definition) is 2. The number of anilines is 1. The lowest BCUT2D eigenvalue weighted by Crippen LogP contribution is -2.52. The van der Waals surface area contributed by atoms with E-state index in [1.165, 1.54) is 4.90 Å². The van der Waals surface area contributed by atoms with Crippen molar-refractivity contribution in [2.75, 3.05) is 31.1 Å². The minimum absolute atomic E-state index is 0.196. The maximum atomic E-state index is 12.8. The fraction of sp³-hybridized carbons (Fsp3) is 0.364. The SMILES string of the molecule is O=C1CCC(N2Cc3cc(Oc4ccc(N5CCNCC5)nc4)ccc3C2=O)C(=O)N1. The highest BCUT2D eigenvalue weighted by Crippen LogP contribution is 2.32. The Morgan fingerprint density at radius 2 is 1.84 bits per heavy atom. The quantitative estimate of drug-likeness (QED) is 0.711. The Hall–Kier alpha value is -3.46. The number of carbonyl (C=O) groups excluding carboxylic acids is 3.